The van der Waals surface area contributed by atoms with Crippen LogP contribution in [0, 0.1) is 0 Å². The van der Waals surface area contributed by atoms with E-state index in [0.29, 0.717) is 0 Å². The van der Waals surface area contributed by atoms with Gasteiger partial charge in [0.05, 0.1) is 15.8 Å². The van der Waals surface area contributed by atoms with Gasteiger partial charge in [-0.2, -0.15) is 0 Å². The van der Waals surface area contributed by atoms with Crippen LogP contribution in [-0.2, 0) is 0 Å². The fourth-order valence-electron chi connectivity index (χ4n) is 1.86. The van der Waals surface area contributed by atoms with E-state index < -0.39 is 0 Å². The molecule has 0 amide bonds. The van der Waals surface area contributed by atoms with Gasteiger partial charge in [-0.15, -0.1) is 11.3 Å². The van der Waals surface area contributed by atoms with Gasteiger partial charge in [-0.05, 0) is 24.3 Å². The maximum absolute atomic E-state index is 5.53. The van der Waals surface area contributed by atoms with Crippen molar-refractivity contribution in [1.82, 2.24) is 4.98 Å². The van der Waals surface area contributed by atoms with Crippen LogP contribution in [0.15, 0.2) is 48.5 Å². The summed E-state index contributed by atoms with van der Waals surface area (Å²) in [4.78, 5) is 4.65. The molecule has 2 nitrogen and oxygen atoms in total. The monoisotopic (exact) mass is 252 g/mol. The molecule has 0 aliphatic heterocycles. The van der Waals surface area contributed by atoms with E-state index in [1.54, 1.807) is 18.8 Å². The van der Waals surface area contributed by atoms with Gasteiger partial charge < -0.3 is 4.65 Å². The summed E-state index contributed by atoms with van der Waals surface area (Å²) in [5.74, 6) is 0.846. The predicted molar refractivity (Wildman–Crippen MR) is 77.3 cm³/mol. The lowest BCUT2D eigenvalue weighted by molar-refractivity contribution is 0.602. The Hall–Kier alpha value is -1.81. The smallest absolute Gasteiger partial charge is 0.366 e. The Morgan fingerprint density at radius 1 is 1.06 bits per heavy atom. The van der Waals surface area contributed by atoms with Crippen LogP contribution in [0.3, 0.4) is 0 Å². The average molecular weight is 252 g/mol. The van der Waals surface area contributed by atoms with Crippen molar-refractivity contribution in [3.63, 3.8) is 0 Å². The number of nitrogens with zero attached hydrogens (tertiary/aromatic N) is 1. The topological polar surface area (TPSA) is 22.1 Å². The summed E-state index contributed by atoms with van der Waals surface area (Å²) in [5, 5.41) is 0.994. The van der Waals surface area contributed by atoms with Crippen LogP contribution in [0.4, 0.5) is 0 Å². The molecular weight excluding hydrogens is 241 g/mol. The summed E-state index contributed by atoms with van der Waals surface area (Å²) in [6.07, 6.45) is 0. The van der Waals surface area contributed by atoms with E-state index in [-0.39, 0.29) is 0 Å². The number of para-hydroxylation sites is 2. The molecule has 4 heteroatoms. The predicted octanol–water partition coefficient (Wildman–Crippen LogP) is 4.01. The van der Waals surface area contributed by atoms with Crippen LogP contribution in [0.2, 0.25) is 6.82 Å². The molecule has 0 atom stereocenters. The standard InChI is InChI=1S/C14H11BNOS/c1-15-17-12-8-4-2-6-10(12)14-16-11-7-3-5-9-13(11)18-14/h2-9H,1H3. The summed E-state index contributed by atoms with van der Waals surface area (Å²) in [6.45, 7) is 1.87. The summed E-state index contributed by atoms with van der Waals surface area (Å²) < 4.78 is 6.73. The number of hydrogen-bond donors (Lipinski definition) is 0. The molecule has 18 heavy (non-hydrogen) atoms. The minimum atomic E-state index is 0.846. The fourth-order valence-corrected chi connectivity index (χ4v) is 2.86. The Labute approximate surface area is 111 Å². The van der Waals surface area contributed by atoms with Gasteiger partial charge in [0.1, 0.15) is 10.8 Å². The van der Waals surface area contributed by atoms with Crippen molar-refractivity contribution >= 4 is 29.0 Å². The molecule has 0 saturated carbocycles. The first-order chi connectivity index (χ1) is 8.88. The SMILES string of the molecule is C[B]Oc1ccccc1-c1nc2ccccc2s1. The van der Waals surface area contributed by atoms with E-state index in [0.717, 1.165) is 21.8 Å². The van der Waals surface area contributed by atoms with Gasteiger partial charge in [-0.3, -0.25) is 0 Å². The van der Waals surface area contributed by atoms with E-state index in [4.69, 9.17) is 4.65 Å². The molecule has 0 fully saturated rings. The molecular formula is C14H11BNOS. The van der Waals surface area contributed by atoms with Gasteiger partial charge in [0, 0.05) is 0 Å². The van der Waals surface area contributed by atoms with Crippen molar-refractivity contribution < 1.29 is 4.65 Å². The summed E-state index contributed by atoms with van der Waals surface area (Å²) in [6, 6.07) is 16.1. The van der Waals surface area contributed by atoms with Crippen molar-refractivity contribution in [2.24, 2.45) is 0 Å². The minimum absolute atomic E-state index is 0.846. The highest BCUT2D eigenvalue weighted by molar-refractivity contribution is 7.21. The molecule has 0 bridgehead atoms. The Morgan fingerprint density at radius 3 is 2.67 bits per heavy atom. The molecule has 0 spiro atoms. The number of hydrogen-bond acceptors (Lipinski definition) is 3. The van der Waals surface area contributed by atoms with E-state index in [1.807, 2.05) is 49.3 Å². The van der Waals surface area contributed by atoms with Crippen LogP contribution in [0.25, 0.3) is 20.8 Å². The molecule has 1 aromatic heterocycles. The van der Waals surface area contributed by atoms with E-state index >= 15 is 0 Å². The Bertz CT molecular complexity index is 647. The molecule has 2 aromatic carbocycles. The van der Waals surface area contributed by atoms with E-state index in [1.165, 1.54) is 4.70 Å². The fraction of sp³-hybridized carbons (Fsp3) is 0.0714. The van der Waals surface area contributed by atoms with Crippen LogP contribution < -0.4 is 4.65 Å². The second-order valence-corrected chi connectivity index (χ2v) is 4.87. The van der Waals surface area contributed by atoms with Crippen molar-refractivity contribution in [2.75, 3.05) is 0 Å². The van der Waals surface area contributed by atoms with Gasteiger partial charge >= 0.3 is 7.48 Å². The number of benzene rings is 2. The third kappa shape index (κ3) is 2.00. The van der Waals surface area contributed by atoms with Crippen molar-refractivity contribution in [3.05, 3.63) is 48.5 Å². The molecule has 1 heterocycles. The lowest BCUT2D eigenvalue weighted by Gasteiger charge is -2.07. The molecule has 3 aromatic rings. The van der Waals surface area contributed by atoms with Crippen molar-refractivity contribution in [3.8, 4) is 16.3 Å². The zero-order chi connectivity index (χ0) is 12.4. The van der Waals surface area contributed by atoms with E-state index in [9.17, 15) is 0 Å². The third-order valence-corrected chi connectivity index (χ3v) is 3.73. The van der Waals surface area contributed by atoms with Crippen LogP contribution in [-0.4, -0.2) is 12.5 Å². The summed E-state index contributed by atoms with van der Waals surface area (Å²) in [7, 11) is 1.69. The van der Waals surface area contributed by atoms with Crippen molar-refractivity contribution in [2.45, 2.75) is 6.82 Å². The van der Waals surface area contributed by atoms with Gasteiger partial charge in [0.25, 0.3) is 0 Å². The lowest BCUT2D eigenvalue weighted by atomic mass is 10.1. The van der Waals surface area contributed by atoms with Crippen LogP contribution in [0.1, 0.15) is 0 Å². The van der Waals surface area contributed by atoms with Gasteiger partial charge in [0.15, 0.2) is 0 Å². The Kier molecular flexibility index (Phi) is 3.03. The van der Waals surface area contributed by atoms with Gasteiger partial charge in [0.2, 0.25) is 0 Å². The van der Waals surface area contributed by atoms with Crippen LogP contribution in [0.5, 0.6) is 5.75 Å². The van der Waals surface area contributed by atoms with Crippen LogP contribution >= 0.6 is 11.3 Å². The molecule has 3 rings (SSSR count). The number of thiazole rings is 1. The summed E-state index contributed by atoms with van der Waals surface area (Å²) in [5.41, 5.74) is 2.07. The molecule has 0 aliphatic rings. The third-order valence-electron chi connectivity index (χ3n) is 2.66. The summed E-state index contributed by atoms with van der Waals surface area (Å²) >= 11 is 1.69. The molecule has 1 radical (unpaired) electrons. The highest BCUT2D eigenvalue weighted by Crippen LogP contribution is 2.35. The largest absolute Gasteiger partial charge is 0.563 e. The van der Waals surface area contributed by atoms with Gasteiger partial charge in [-0.25, -0.2) is 4.98 Å². The maximum atomic E-state index is 5.53. The van der Waals surface area contributed by atoms with E-state index in [2.05, 4.69) is 11.1 Å². The quantitative estimate of drug-likeness (QED) is 0.657. The molecule has 87 valence electrons. The molecule has 0 N–H and O–H groups in total. The maximum Gasteiger partial charge on any atom is 0.366 e. The Morgan fingerprint density at radius 2 is 1.83 bits per heavy atom. The highest BCUT2D eigenvalue weighted by atomic mass is 32.1. The second kappa shape index (κ2) is 4.82. The molecule has 0 saturated heterocycles. The highest BCUT2D eigenvalue weighted by Gasteiger charge is 2.10. The Balaban J connectivity index is 2.13. The average Bonchev–Trinajstić information content (AvgIpc) is 2.83. The number of fused-ring (bicyclic) bond motifs is 1. The zero-order valence-electron chi connectivity index (χ0n) is 9.96. The normalized spacial score (nSPS) is 10.5. The lowest BCUT2D eigenvalue weighted by Crippen LogP contribution is -1.97. The molecule has 0 aliphatic carbocycles. The minimum Gasteiger partial charge on any atom is -0.563 e. The molecule has 0 unspecified atom stereocenters. The number of aromatic nitrogens is 1. The number of rotatable bonds is 3. The van der Waals surface area contributed by atoms with Crippen molar-refractivity contribution in [1.29, 1.82) is 0 Å². The zero-order valence-corrected chi connectivity index (χ0v) is 10.8. The first-order valence-electron chi connectivity index (χ1n) is 5.78. The van der Waals surface area contributed by atoms with Gasteiger partial charge in [-0.1, -0.05) is 31.1 Å². The first-order valence-corrected chi connectivity index (χ1v) is 6.59. The first kappa shape index (κ1) is 11.3. The second-order valence-electron chi connectivity index (χ2n) is 3.84.